The second-order valence-electron chi connectivity index (χ2n) is 5.81. The van der Waals surface area contributed by atoms with E-state index in [0.717, 1.165) is 12.1 Å². The summed E-state index contributed by atoms with van der Waals surface area (Å²) in [4.78, 5) is 2.34. The van der Waals surface area contributed by atoms with Gasteiger partial charge < -0.3 is 15.1 Å². The Morgan fingerprint density at radius 1 is 1.09 bits per heavy atom. The predicted octanol–water partition coefficient (Wildman–Crippen LogP) is 4.34. The minimum atomic E-state index is -0.0980. The van der Waals surface area contributed by atoms with E-state index in [2.05, 4.69) is 55.2 Å². The van der Waals surface area contributed by atoms with Crippen LogP contribution < -0.4 is 4.90 Å². The summed E-state index contributed by atoms with van der Waals surface area (Å²) in [7, 11) is 0. The van der Waals surface area contributed by atoms with Crippen LogP contribution in [0.4, 0.5) is 5.69 Å². The summed E-state index contributed by atoms with van der Waals surface area (Å²) in [6, 6.07) is 11.5. The number of rotatable bonds is 3. The quantitative estimate of drug-likeness (QED) is 0.829. The molecule has 0 saturated carbocycles. The van der Waals surface area contributed by atoms with Crippen LogP contribution in [0.5, 0.6) is 11.5 Å². The standard InChI is InChI=1S/C20H21NO2/c1-3-21-17(8-5-15-6-11-19(22)20(23)13-15)9-7-16-12-14(2)4-10-18(16)21/h4-13,17,22-23H,3H2,1-2H3/b8-5+. The number of likely N-dealkylation sites (N-methyl/N-ethyl adjacent to an activating group) is 1. The van der Waals surface area contributed by atoms with E-state index in [-0.39, 0.29) is 17.5 Å². The van der Waals surface area contributed by atoms with Crippen LogP contribution in [-0.4, -0.2) is 22.8 Å². The van der Waals surface area contributed by atoms with Gasteiger partial charge in [0.2, 0.25) is 0 Å². The zero-order valence-corrected chi connectivity index (χ0v) is 13.4. The molecule has 0 bridgehead atoms. The second-order valence-corrected chi connectivity index (χ2v) is 5.81. The topological polar surface area (TPSA) is 43.7 Å². The fourth-order valence-electron chi connectivity index (χ4n) is 2.94. The summed E-state index contributed by atoms with van der Waals surface area (Å²) in [5.74, 6) is -0.196. The fourth-order valence-corrected chi connectivity index (χ4v) is 2.94. The lowest BCUT2D eigenvalue weighted by atomic mass is 10.00. The number of aryl methyl sites for hydroxylation is 1. The number of anilines is 1. The Labute approximate surface area is 136 Å². The van der Waals surface area contributed by atoms with Gasteiger partial charge >= 0.3 is 0 Å². The second kappa shape index (κ2) is 6.21. The van der Waals surface area contributed by atoms with Crippen LogP contribution in [0.1, 0.15) is 23.6 Å². The Balaban J connectivity index is 1.87. The molecule has 0 saturated heterocycles. The Kier molecular flexibility index (Phi) is 4.11. The van der Waals surface area contributed by atoms with Gasteiger partial charge in [0.15, 0.2) is 11.5 Å². The molecular formula is C20H21NO2. The molecule has 0 fully saturated rings. The number of benzene rings is 2. The largest absolute Gasteiger partial charge is 0.504 e. The molecule has 1 aliphatic heterocycles. The number of phenols is 2. The lowest BCUT2D eigenvalue weighted by Crippen LogP contribution is -2.34. The van der Waals surface area contributed by atoms with Crippen LogP contribution in [0.3, 0.4) is 0 Å². The van der Waals surface area contributed by atoms with Crippen LogP contribution >= 0.6 is 0 Å². The highest BCUT2D eigenvalue weighted by Crippen LogP contribution is 2.31. The molecule has 3 rings (SSSR count). The molecule has 0 spiro atoms. The molecule has 23 heavy (non-hydrogen) atoms. The SMILES string of the molecule is CCN1c2ccc(C)cc2C=CC1/C=C/c1ccc(O)c(O)c1. The molecule has 1 heterocycles. The van der Waals surface area contributed by atoms with Gasteiger partial charge in [-0.2, -0.15) is 0 Å². The van der Waals surface area contributed by atoms with Crippen molar-refractivity contribution in [2.24, 2.45) is 0 Å². The summed E-state index contributed by atoms with van der Waals surface area (Å²) in [6.45, 7) is 5.17. The first-order valence-corrected chi connectivity index (χ1v) is 7.84. The Morgan fingerprint density at radius 3 is 2.65 bits per heavy atom. The van der Waals surface area contributed by atoms with Gasteiger partial charge in [-0.3, -0.25) is 0 Å². The van der Waals surface area contributed by atoms with Gasteiger partial charge in [0.05, 0.1) is 6.04 Å². The summed E-state index contributed by atoms with van der Waals surface area (Å²) in [5, 5.41) is 19.0. The van der Waals surface area contributed by atoms with Crippen LogP contribution in [0, 0.1) is 6.92 Å². The zero-order chi connectivity index (χ0) is 16.4. The van der Waals surface area contributed by atoms with Crippen molar-refractivity contribution in [1.29, 1.82) is 0 Å². The third-order valence-electron chi connectivity index (χ3n) is 4.15. The predicted molar refractivity (Wildman–Crippen MR) is 95.8 cm³/mol. The number of nitrogens with zero attached hydrogens (tertiary/aromatic N) is 1. The number of fused-ring (bicyclic) bond motifs is 1. The Bertz CT molecular complexity index is 777. The van der Waals surface area contributed by atoms with Gasteiger partial charge in [0.1, 0.15) is 0 Å². The number of hydrogen-bond donors (Lipinski definition) is 2. The van der Waals surface area contributed by atoms with E-state index >= 15 is 0 Å². The first-order chi connectivity index (χ1) is 11.1. The minimum Gasteiger partial charge on any atom is -0.504 e. The maximum Gasteiger partial charge on any atom is 0.157 e. The normalized spacial score (nSPS) is 16.8. The number of hydrogen-bond acceptors (Lipinski definition) is 3. The fraction of sp³-hybridized carbons (Fsp3) is 0.200. The summed E-state index contributed by atoms with van der Waals surface area (Å²) in [5.41, 5.74) is 4.61. The van der Waals surface area contributed by atoms with E-state index < -0.39 is 0 Å². The first-order valence-electron chi connectivity index (χ1n) is 7.84. The molecule has 1 unspecified atom stereocenters. The molecule has 2 aromatic rings. The number of aromatic hydroxyl groups is 2. The molecule has 3 heteroatoms. The molecule has 2 N–H and O–H groups in total. The average molecular weight is 307 g/mol. The van der Waals surface area contributed by atoms with Gasteiger partial charge in [-0.05, 0) is 49.2 Å². The summed E-state index contributed by atoms with van der Waals surface area (Å²) < 4.78 is 0. The Hall–Kier alpha value is -2.68. The molecule has 118 valence electrons. The van der Waals surface area contributed by atoms with Crippen LogP contribution in [0.2, 0.25) is 0 Å². The summed E-state index contributed by atoms with van der Waals surface area (Å²) >= 11 is 0. The third-order valence-corrected chi connectivity index (χ3v) is 4.15. The Morgan fingerprint density at radius 2 is 1.91 bits per heavy atom. The van der Waals surface area contributed by atoms with Crippen molar-refractivity contribution in [3.63, 3.8) is 0 Å². The van der Waals surface area contributed by atoms with E-state index in [1.807, 2.05) is 6.08 Å². The van der Waals surface area contributed by atoms with Crippen molar-refractivity contribution in [2.45, 2.75) is 19.9 Å². The zero-order valence-electron chi connectivity index (χ0n) is 13.4. The number of phenolic OH excluding ortho intramolecular Hbond substituents is 2. The van der Waals surface area contributed by atoms with E-state index in [9.17, 15) is 10.2 Å². The van der Waals surface area contributed by atoms with Gasteiger partial charge in [-0.15, -0.1) is 0 Å². The van der Waals surface area contributed by atoms with Gasteiger partial charge in [0, 0.05) is 12.2 Å². The maximum atomic E-state index is 9.58. The third kappa shape index (κ3) is 3.09. The van der Waals surface area contributed by atoms with E-state index in [0.29, 0.717) is 0 Å². The monoisotopic (exact) mass is 307 g/mol. The minimum absolute atomic E-state index is 0.0977. The lowest BCUT2D eigenvalue weighted by Gasteiger charge is -2.33. The molecule has 2 aromatic carbocycles. The first kappa shape index (κ1) is 15.2. The van der Waals surface area contributed by atoms with Crippen LogP contribution in [0.25, 0.3) is 12.2 Å². The van der Waals surface area contributed by atoms with Crippen molar-refractivity contribution in [3.8, 4) is 11.5 Å². The average Bonchev–Trinajstić information content (AvgIpc) is 2.55. The van der Waals surface area contributed by atoms with E-state index in [1.54, 1.807) is 12.1 Å². The molecule has 3 nitrogen and oxygen atoms in total. The molecule has 0 amide bonds. The molecule has 0 aromatic heterocycles. The lowest BCUT2D eigenvalue weighted by molar-refractivity contribution is 0.403. The highest BCUT2D eigenvalue weighted by atomic mass is 16.3. The summed E-state index contributed by atoms with van der Waals surface area (Å²) in [6.07, 6.45) is 8.42. The molecule has 0 aliphatic carbocycles. The molecular weight excluding hydrogens is 286 g/mol. The smallest absolute Gasteiger partial charge is 0.157 e. The maximum absolute atomic E-state index is 9.58. The van der Waals surface area contributed by atoms with Crippen molar-refractivity contribution >= 4 is 17.8 Å². The van der Waals surface area contributed by atoms with Crippen LogP contribution in [-0.2, 0) is 0 Å². The van der Waals surface area contributed by atoms with Crippen LogP contribution in [0.15, 0.2) is 48.6 Å². The van der Waals surface area contributed by atoms with Crippen molar-refractivity contribution in [2.75, 3.05) is 11.4 Å². The van der Waals surface area contributed by atoms with Gasteiger partial charge in [0.25, 0.3) is 0 Å². The highest BCUT2D eigenvalue weighted by molar-refractivity contribution is 5.74. The van der Waals surface area contributed by atoms with E-state index in [4.69, 9.17) is 0 Å². The molecule has 1 atom stereocenters. The van der Waals surface area contributed by atoms with E-state index in [1.165, 1.54) is 22.9 Å². The highest BCUT2D eigenvalue weighted by Gasteiger charge is 2.18. The van der Waals surface area contributed by atoms with Crippen molar-refractivity contribution in [3.05, 3.63) is 65.2 Å². The van der Waals surface area contributed by atoms with Gasteiger partial charge in [-0.25, -0.2) is 0 Å². The molecule has 1 aliphatic rings. The van der Waals surface area contributed by atoms with Crippen molar-refractivity contribution < 1.29 is 10.2 Å². The molecule has 0 radical (unpaired) electrons. The van der Waals surface area contributed by atoms with Crippen molar-refractivity contribution in [1.82, 2.24) is 0 Å². The van der Waals surface area contributed by atoms with Gasteiger partial charge in [-0.1, -0.05) is 42.0 Å².